The molecule has 0 saturated carbocycles. The van der Waals surface area contributed by atoms with E-state index in [0.29, 0.717) is 0 Å². The zero-order chi connectivity index (χ0) is 19.3. The predicted octanol–water partition coefficient (Wildman–Crippen LogP) is 0.493. The summed E-state index contributed by atoms with van der Waals surface area (Å²) in [5.74, 6) is -1.45. The summed E-state index contributed by atoms with van der Waals surface area (Å²) in [5.41, 5.74) is -1.01. The molecule has 1 amide bonds. The highest BCUT2D eigenvalue weighted by Crippen LogP contribution is 2.28. The molecule has 0 saturated heterocycles. The predicted molar refractivity (Wildman–Crippen MR) is 88.0 cm³/mol. The van der Waals surface area contributed by atoms with Crippen LogP contribution in [-0.2, 0) is 16.6 Å². The zero-order valence-electron chi connectivity index (χ0n) is 13.8. The molecule has 0 bridgehead atoms. The van der Waals surface area contributed by atoms with E-state index in [-0.39, 0.29) is 22.8 Å². The Morgan fingerprint density at radius 2 is 2.04 bits per heavy atom. The Hall–Kier alpha value is -3.76. The Morgan fingerprint density at radius 1 is 1.31 bits per heavy atom. The first-order valence-electron chi connectivity index (χ1n) is 7.15. The average Bonchev–Trinajstić information content (AvgIpc) is 2.62. The van der Waals surface area contributed by atoms with Gasteiger partial charge < -0.3 is 14.8 Å². The molecule has 0 unspecified atom stereocenters. The van der Waals surface area contributed by atoms with Crippen LogP contribution in [0.1, 0.15) is 10.5 Å². The van der Waals surface area contributed by atoms with Gasteiger partial charge in [-0.15, -0.1) is 0 Å². The number of nitrogens with zero attached hydrogens (tertiary/aromatic N) is 3. The van der Waals surface area contributed by atoms with Gasteiger partial charge in [-0.3, -0.25) is 19.7 Å². The quantitative estimate of drug-likeness (QED) is 0.444. The van der Waals surface area contributed by atoms with E-state index in [1.165, 1.54) is 26.3 Å². The third kappa shape index (κ3) is 4.41. The maximum atomic E-state index is 11.9. The van der Waals surface area contributed by atoms with E-state index in [1.54, 1.807) is 0 Å². The van der Waals surface area contributed by atoms with E-state index in [2.05, 4.69) is 10.4 Å². The molecule has 2 rings (SSSR count). The molecule has 0 radical (unpaired) electrons. The molecule has 136 valence electrons. The van der Waals surface area contributed by atoms with Gasteiger partial charge in [0.25, 0.3) is 17.2 Å². The van der Waals surface area contributed by atoms with Crippen molar-refractivity contribution < 1.29 is 24.0 Å². The van der Waals surface area contributed by atoms with Gasteiger partial charge in [0.05, 0.1) is 18.1 Å². The van der Waals surface area contributed by atoms with Gasteiger partial charge in [-0.1, -0.05) is 0 Å². The second kappa shape index (κ2) is 7.88. The Labute approximate surface area is 146 Å². The first-order valence-corrected chi connectivity index (χ1v) is 7.15. The van der Waals surface area contributed by atoms with Crippen molar-refractivity contribution in [3.05, 3.63) is 56.5 Å². The highest BCUT2D eigenvalue weighted by molar-refractivity contribution is 5.96. The lowest BCUT2D eigenvalue weighted by molar-refractivity contribution is -0.384. The number of nitrogens with one attached hydrogen (secondary N) is 1. The molecular weight excluding hydrogens is 348 g/mol. The standard InChI is InChI=1S/C15H14N4O7/c1-18-14(21)6-5-11(17-18)15(22)26-8-13(20)16-10-4-3-9(25-2)7-12(10)19(23)24/h3-7H,8H2,1-2H3,(H,16,20). The van der Waals surface area contributed by atoms with Gasteiger partial charge in [-0.2, -0.15) is 5.10 Å². The van der Waals surface area contributed by atoms with Crippen LogP contribution in [0.3, 0.4) is 0 Å². The monoisotopic (exact) mass is 362 g/mol. The summed E-state index contributed by atoms with van der Waals surface area (Å²) < 4.78 is 10.6. The minimum atomic E-state index is -0.917. The summed E-state index contributed by atoms with van der Waals surface area (Å²) in [6.07, 6.45) is 0. The molecular formula is C15H14N4O7. The Balaban J connectivity index is 2.02. The number of anilines is 1. The van der Waals surface area contributed by atoms with Crippen molar-refractivity contribution in [2.75, 3.05) is 19.0 Å². The molecule has 26 heavy (non-hydrogen) atoms. The maximum absolute atomic E-state index is 11.9. The van der Waals surface area contributed by atoms with Crippen LogP contribution in [0.2, 0.25) is 0 Å². The van der Waals surface area contributed by atoms with Crippen LogP contribution in [0.4, 0.5) is 11.4 Å². The number of aryl methyl sites for hydroxylation is 1. The lowest BCUT2D eigenvalue weighted by Gasteiger charge is -2.08. The van der Waals surface area contributed by atoms with Gasteiger partial charge in [0.2, 0.25) is 0 Å². The Morgan fingerprint density at radius 3 is 2.65 bits per heavy atom. The van der Waals surface area contributed by atoms with Crippen molar-refractivity contribution >= 4 is 23.3 Å². The second-order valence-electron chi connectivity index (χ2n) is 4.94. The largest absolute Gasteiger partial charge is 0.496 e. The number of nitro benzene ring substituents is 1. The van der Waals surface area contributed by atoms with Crippen LogP contribution in [0, 0.1) is 10.1 Å². The minimum Gasteiger partial charge on any atom is -0.496 e. The Bertz CT molecular complexity index is 922. The summed E-state index contributed by atoms with van der Waals surface area (Å²) in [6, 6.07) is 6.17. The summed E-state index contributed by atoms with van der Waals surface area (Å²) >= 11 is 0. The number of hydrogen-bond acceptors (Lipinski definition) is 8. The summed E-state index contributed by atoms with van der Waals surface area (Å²) in [6.45, 7) is -0.688. The number of amides is 1. The molecule has 0 spiro atoms. The van der Waals surface area contributed by atoms with Crippen molar-refractivity contribution in [1.29, 1.82) is 0 Å². The summed E-state index contributed by atoms with van der Waals surface area (Å²) in [5, 5.41) is 17.0. The van der Waals surface area contributed by atoms with E-state index in [4.69, 9.17) is 9.47 Å². The molecule has 0 aliphatic carbocycles. The number of hydrogen-bond donors (Lipinski definition) is 1. The number of esters is 1. The summed E-state index contributed by atoms with van der Waals surface area (Å²) in [4.78, 5) is 45.3. The highest BCUT2D eigenvalue weighted by Gasteiger charge is 2.18. The normalized spacial score (nSPS) is 10.1. The van der Waals surface area contributed by atoms with Crippen molar-refractivity contribution in [3.63, 3.8) is 0 Å². The van der Waals surface area contributed by atoms with Crippen LogP contribution in [-0.4, -0.2) is 40.3 Å². The molecule has 0 atom stereocenters. The van der Waals surface area contributed by atoms with Gasteiger partial charge in [0, 0.05) is 13.1 Å². The number of methoxy groups -OCH3 is 1. The molecule has 0 aliphatic rings. The number of aromatic nitrogens is 2. The number of rotatable bonds is 6. The van der Waals surface area contributed by atoms with Crippen molar-refractivity contribution in [1.82, 2.24) is 9.78 Å². The van der Waals surface area contributed by atoms with Gasteiger partial charge in [-0.05, 0) is 18.2 Å². The van der Waals surface area contributed by atoms with Crippen LogP contribution in [0.25, 0.3) is 0 Å². The smallest absolute Gasteiger partial charge is 0.359 e. The molecule has 2 aromatic rings. The van der Waals surface area contributed by atoms with Gasteiger partial charge in [0.15, 0.2) is 12.3 Å². The lowest BCUT2D eigenvalue weighted by Crippen LogP contribution is -2.24. The van der Waals surface area contributed by atoms with E-state index < -0.39 is 29.0 Å². The fraction of sp³-hybridized carbons (Fsp3) is 0.200. The molecule has 1 heterocycles. The number of ether oxygens (including phenoxy) is 2. The molecule has 1 N–H and O–H groups in total. The van der Waals surface area contributed by atoms with Crippen LogP contribution in [0.5, 0.6) is 5.75 Å². The number of carbonyl (C=O) groups excluding carboxylic acids is 2. The van der Waals surface area contributed by atoms with Crippen LogP contribution >= 0.6 is 0 Å². The Kier molecular flexibility index (Phi) is 5.63. The van der Waals surface area contributed by atoms with Gasteiger partial charge in [0.1, 0.15) is 11.4 Å². The molecule has 0 fully saturated rings. The second-order valence-corrected chi connectivity index (χ2v) is 4.94. The van der Waals surface area contributed by atoms with Gasteiger partial charge >= 0.3 is 5.97 Å². The first-order chi connectivity index (χ1) is 12.3. The van der Waals surface area contributed by atoms with Gasteiger partial charge in [-0.25, -0.2) is 9.48 Å². The minimum absolute atomic E-state index is 0.0721. The van der Waals surface area contributed by atoms with Crippen molar-refractivity contribution in [3.8, 4) is 5.75 Å². The van der Waals surface area contributed by atoms with Crippen LogP contribution in [0.15, 0.2) is 35.1 Å². The average molecular weight is 362 g/mol. The lowest BCUT2D eigenvalue weighted by atomic mass is 10.2. The van der Waals surface area contributed by atoms with E-state index in [9.17, 15) is 24.5 Å². The first kappa shape index (κ1) is 18.6. The van der Waals surface area contributed by atoms with E-state index >= 15 is 0 Å². The summed E-state index contributed by atoms with van der Waals surface area (Å²) in [7, 11) is 2.71. The van der Waals surface area contributed by atoms with Crippen molar-refractivity contribution in [2.24, 2.45) is 7.05 Å². The SMILES string of the molecule is COc1ccc(NC(=O)COC(=O)c2ccc(=O)n(C)n2)c([N+](=O)[O-])c1. The number of carbonyl (C=O) groups is 2. The van der Waals surface area contributed by atoms with E-state index in [0.717, 1.165) is 22.9 Å². The zero-order valence-corrected chi connectivity index (χ0v) is 13.8. The molecule has 1 aromatic heterocycles. The third-order valence-corrected chi connectivity index (χ3v) is 3.18. The number of benzene rings is 1. The molecule has 0 aliphatic heterocycles. The fourth-order valence-electron chi connectivity index (χ4n) is 1.90. The highest BCUT2D eigenvalue weighted by atomic mass is 16.6. The van der Waals surface area contributed by atoms with E-state index in [1.807, 2.05) is 0 Å². The molecule has 11 nitrogen and oxygen atoms in total. The number of nitro groups is 1. The third-order valence-electron chi connectivity index (χ3n) is 3.18. The van der Waals surface area contributed by atoms with Crippen LogP contribution < -0.4 is 15.6 Å². The molecule has 1 aromatic carbocycles. The molecule has 11 heteroatoms. The maximum Gasteiger partial charge on any atom is 0.359 e. The topological polar surface area (TPSA) is 143 Å². The van der Waals surface area contributed by atoms with Crippen molar-refractivity contribution in [2.45, 2.75) is 0 Å². The fourth-order valence-corrected chi connectivity index (χ4v) is 1.90.